The molecule has 1 heterocycles. The molecular weight excluding hydrogens is 321 g/mol. The fourth-order valence-corrected chi connectivity index (χ4v) is 3.78. The first-order chi connectivity index (χ1) is 10.3. The zero-order chi connectivity index (χ0) is 16.1. The number of hydrogen-bond acceptors (Lipinski definition) is 3. The lowest BCUT2D eigenvalue weighted by atomic mass is 9.79. The second kappa shape index (κ2) is 5.47. The van der Waals surface area contributed by atoms with Crippen LogP contribution in [-0.4, -0.2) is 17.6 Å². The van der Waals surface area contributed by atoms with Crippen LogP contribution in [0, 0.1) is 5.92 Å². The fourth-order valence-electron chi connectivity index (χ4n) is 3.22. The number of nitrogens with one attached hydrogen (secondary N) is 1. The van der Waals surface area contributed by atoms with E-state index in [1.165, 1.54) is 0 Å². The Kier molecular flexibility index (Phi) is 3.90. The number of carbonyl (C=O) groups excluding carboxylic acids is 1. The summed E-state index contributed by atoms with van der Waals surface area (Å²) in [6.45, 7) is 5.62. The number of ether oxygens (including phenoxy) is 1. The number of rotatable bonds is 1. The maximum Gasteiger partial charge on any atom is 0.329 e. The standard InChI is InChI=1S/C17H19Cl2NO2/c1-17(2,3)22-16(21)15-11-6-4-5-10(11)12-7-9(18)8-13(19)14(12)20-15/h4-5,7-8,10-11,15,20H,6H2,1-3H3/t10-,11+,15-/m0/s1. The number of hydrogen-bond donors (Lipinski definition) is 1. The van der Waals surface area contributed by atoms with E-state index in [2.05, 4.69) is 17.5 Å². The van der Waals surface area contributed by atoms with Gasteiger partial charge in [-0.2, -0.15) is 0 Å². The number of anilines is 1. The first kappa shape index (κ1) is 15.7. The maximum atomic E-state index is 12.6. The highest BCUT2D eigenvalue weighted by molar-refractivity contribution is 6.36. The zero-order valence-electron chi connectivity index (χ0n) is 12.8. The summed E-state index contributed by atoms with van der Waals surface area (Å²) in [7, 11) is 0. The van der Waals surface area contributed by atoms with Crippen molar-refractivity contribution in [1.29, 1.82) is 0 Å². The Morgan fingerprint density at radius 3 is 2.73 bits per heavy atom. The van der Waals surface area contributed by atoms with E-state index in [9.17, 15) is 4.79 Å². The number of esters is 1. The van der Waals surface area contributed by atoms with E-state index in [0.717, 1.165) is 17.7 Å². The van der Waals surface area contributed by atoms with Crippen LogP contribution in [0.1, 0.15) is 38.7 Å². The van der Waals surface area contributed by atoms with Gasteiger partial charge >= 0.3 is 5.97 Å². The molecule has 3 nitrogen and oxygen atoms in total. The molecule has 22 heavy (non-hydrogen) atoms. The van der Waals surface area contributed by atoms with Crippen LogP contribution in [0.4, 0.5) is 5.69 Å². The Hall–Kier alpha value is -1.19. The Morgan fingerprint density at radius 2 is 2.05 bits per heavy atom. The molecule has 0 saturated carbocycles. The van der Waals surface area contributed by atoms with Crippen molar-refractivity contribution in [2.24, 2.45) is 5.92 Å². The molecule has 5 heteroatoms. The highest BCUT2D eigenvalue weighted by Crippen LogP contribution is 2.48. The van der Waals surface area contributed by atoms with E-state index in [1.54, 1.807) is 6.07 Å². The Morgan fingerprint density at radius 1 is 1.32 bits per heavy atom. The molecule has 0 radical (unpaired) electrons. The van der Waals surface area contributed by atoms with Gasteiger partial charge in [0.15, 0.2) is 0 Å². The van der Waals surface area contributed by atoms with Crippen molar-refractivity contribution in [3.8, 4) is 0 Å². The monoisotopic (exact) mass is 339 g/mol. The minimum absolute atomic E-state index is 0.136. The van der Waals surface area contributed by atoms with Crippen molar-refractivity contribution in [3.63, 3.8) is 0 Å². The third-order valence-corrected chi connectivity index (χ3v) is 4.56. The van der Waals surface area contributed by atoms with Gasteiger partial charge in [-0.3, -0.25) is 0 Å². The predicted molar refractivity (Wildman–Crippen MR) is 89.7 cm³/mol. The molecule has 3 rings (SSSR count). The third-order valence-electron chi connectivity index (χ3n) is 4.05. The molecule has 0 spiro atoms. The largest absolute Gasteiger partial charge is 0.458 e. The van der Waals surface area contributed by atoms with Crippen LogP contribution in [0.2, 0.25) is 10.0 Å². The predicted octanol–water partition coefficient (Wildman–Crippen LogP) is 4.79. The third kappa shape index (κ3) is 2.84. The Bertz CT molecular complexity index is 649. The fraction of sp³-hybridized carbons (Fsp3) is 0.471. The number of fused-ring (bicyclic) bond motifs is 3. The average Bonchev–Trinajstić information content (AvgIpc) is 2.85. The van der Waals surface area contributed by atoms with Crippen molar-refractivity contribution >= 4 is 34.9 Å². The van der Waals surface area contributed by atoms with Crippen LogP contribution >= 0.6 is 23.2 Å². The first-order valence-corrected chi connectivity index (χ1v) is 8.17. The summed E-state index contributed by atoms with van der Waals surface area (Å²) in [5.74, 6) is 0.0460. The maximum absolute atomic E-state index is 12.6. The second-order valence-electron chi connectivity index (χ2n) is 6.86. The van der Waals surface area contributed by atoms with Crippen LogP contribution in [-0.2, 0) is 9.53 Å². The molecule has 1 aliphatic carbocycles. The molecule has 0 bridgehead atoms. The van der Waals surface area contributed by atoms with Gasteiger partial charge in [0.25, 0.3) is 0 Å². The molecule has 0 saturated heterocycles. The lowest BCUT2D eigenvalue weighted by molar-refractivity contribution is -0.157. The van der Waals surface area contributed by atoms with E-state index in [1.807, 2.05) is 26.8 Å². The van der Waals surface area contributed by atoms with Gasteiger partial charge in [0.1, 0.15) is 11.6 Å². The van der Waals surface area contributed by atoms with Crippen LogP contribution in [0.15, 0.2) is 24.3 Å². The smallest absolute Gasteiger partial charge is 0.329 e. The van der Waals surface area contributed by atoms with Gasteiger partial charge in [0.05, 0.1) is 10.7 Å². The van der Waals surface area contributed by atoms with Crippen molar-refractivity contribution in [2.45, 2.75) is 44.8 Å². The first-order valence-electron chi connectivity index (χ1n) is 7.41. The Labute approximate surface area is 140 Å². The minimum Gasteiger partial charge on any atom is -0.458 e. The number of allylic oxidation sites excluding steroid dienone is 2. The van der Waals surface area contributed by atoms with Crippen molar-refractivity contribution in [3.05, 3.63) is 39.9 Å². The summed E-state index contributed by atoms with van der Waals surface area (Å²) in [5, 5.41) is 4.43. The van der Waals surface area contributed by atoms with E-state index in [-0.39, 0.29) is 17.8 Å². The molecule has 0 fully saturated rings. The molecule has 0 aromatic heterocycles. The highest BCUT2D eigenvalue weighted by Gasteiger charge is 2.43. The van der Waals surface area contributed by atoms with E-state index < -0.39 is 11.6 Å². The number of carbonyl (C=O) groups is 1. The molecule has 0 amide bonds. The van der Waals surface area contributed by atoms with Gasteiger partial charge in [0, 0.05) is 16.9 Å². The average molecular weight is 340 g/mol. The van der Waals surface area contributed by atoms with Gasteiger partial charge in [0.2, 0.25) is 0 Å². The molecule has 0 unspecified atom stereocenters. The quantitative estimate of drug-likeness (QED) is 0.590. The summed E-state index contributed by atoms with van der Waals surface area (Å²) >= 11 is 12.4. The van der Waals surface area contributed by atoms with Gasteiger partial charge in [-0.25, -0.2) is 4.79 Å². The number of benzene rings is 1. The normalized spacial score (nSPS) is 26.1. The van der Waals surface area contributed by atoms with Crippen molar-refractivity contribution in [2.75, 3.05) is 5.32 Å². The van der Waals surface area contributed by atoms with Crippen LogP contribution in [0.5, 0.6) is 0 Å². The zero-order valence-corrected chi connectivity index (χ0v) is 14.3. The van der Waals surface area contributed by atoms with Gasteiger partial charge in [-0.15, -0.1) is 0 Å². The van der Waals surface area contributed by atoms with E-state index in [4.69, 9.17) is 27.9 Å². The van der Waals surface area contributed by atoms with Crippen LogP contribution < -0.4 is 5.32 Å². The molecule has 1 aromatic rings. The lowest BCUT2D eigenvalue weighted by Gasteiger charge is -2.37. The van der Waals surface area contributed by atoms with Gasteiger partial charge in [-0.05, 0) is 44.9 Å². The molecular formula is C17H19Cl2NO2. The molecule has 1 aromatic carbocycles. The second-order valence-corrected chi connectivity index (χ2v) is 7.70. The highest BCUT2D eigenvalue weighted by atomic mass is 35.5. The van der Waals surface area contributed by atoms with Gasteiger partial charge in [-0.1, -0.05) is 35.4 Å². The summed E-state index contributed by atoms with van der Waals surface area (Å²) in [5.41, 5.74) is 1.33. The topological polar surface area (TPSA) is 38.3 Å². The SMILES string of the molecule is CC(C)(C)OC(=O)[C@H]1Nc2c(Cl)cc(Cl)cc2[C@H]2C=CC[C@@H]12. The molecule has 3 atom stereocenters. The lowest BCUT2D eigenvalue weighted by Crippen LogP contribution is -2.45. The summed E-state index contributed by atoms with van der Waals surface area (Å²) < 4.78 is 5.57. The van der Waals surface area contributed by atoms with E-state index >= 15 is 0 Å². The Balaban J connectivity index is 1.98. The van der Waals surface area contributed by atoms with Crippen LogP contribution in [0.25, 0.3) is 0 Å². The molecule has 2 aliphatic rings. The van der Waals surface area contributed by atoms with E-state index in [0.29, 0.717) is 10.0 Å². The summed E-state index contributed by atoms with van der Waals surface area (Å²) in [6.07, 6.45) is 5.08. The minimum atomic E-state index is -0.510. The summed E-state index contributed by atoms with van der Waals surface area (Å²) in [4.78, 5) is 12.6. The molecule has 1 aliphatic heterocycles. The molecule has 118 valence electrons. The van der Waals surface area contributed by atoms with Gasteiger partial charge < -0.3 is 10.1 Å². The summed E-state index contributed by atoms with van der Waals surface area (Å²) in [6, 6.07) is 3.22. The van der Waals surface area contributed by atoms with Crippen molar-refractivity contribution in [1.82, 2.24) is 0 Å². The van der Waals surface area contributed by atoms with Crippen molar-refractivity contribution < 1.29 is 9.53 Å². The molecule has 1 N–H and O–H groups in total. The number of halogens is 2. The van der Waals surface area contributed by atoms with Crippen LogP contribution in [0.3, 0.4) is 0 Å².